The second kappa shape index (κ2) is 13.0. The topological polar surface area (TPSA) is 73.8 Å². The van der Waals surface area contributed by atoms with E-state index in [-0.39, 0.29) is 17.9 Å². The highest BCUT2D eigenvalue weighted by molar-refractivity contribution is 6.33. The van der Waals surface area contributed by atoms with Gasteiger partial charge in [-0.15, -0.1) is 0 Å². The van der Waals surface area contributed by atoms with Gasteiger partial charge in [-0.3, -0.25) is 14.5 Å². The number of carbonyl (C=O) groups is 2. The Balaban J connectivity index is 1.48. The number of nitrogens with zero attached hydrogens (tertiary/aromatic N) is 2. The third-order valence-electron chi connectivity index (χ3n) is 5.64. The van der Waals surface area contributed by atoms with Gasteiger partial charge in [-0.05, 0) is 63.4 Å². The van der Waals surface area contributed by atoms with Crippen LogP contribution in [-0.2, 0) is 4.79 Å². The Hall–Kier alpha value is -2.70. The minimum Gasteiger partial charge on any atom is -0.352 e. The molecule has 2 aromatic carbocycles. The molecule has 1 atom stereocenters. The van der Waals surface area contributed by atoms with Crippen molar-refractivity contribution in [1.29, 1.82) is 0 Å². The van der Waals surface area contributed by atoms with Crippen LogP contribution in [0.1, 0.15) is 54.4 Å². The van der Waals surface area contributed by atoms with Gasteiger partial charge in [-0.1, -0.05) is 54.4 Å². The summed E-state index contributed by atoms with van der Waals surface area (Å²) in [4.78, 5) is 27.3. The average molecular weight is 455 g/mol. The zero-order valence-corrected chi connectivity index (χ0v) is 19.1. The first-order valence-electron chi connectivity index (χ1n) is 11.3. The Kier molecular flexibility index (Phi) is 9.72. The van der Waals surface area contributed by atoms with Gasteiger partial charge in [0.25, 0.3) is 11.8 Å². The largest absolute Gasteiger partial charge is 0.352 e. The summed E-state index contributed by atoms with van der Waals surface area (Å²) in [6.07, 6.45) is 7.40. The lowest BCUT2D eigenvalue weighted by Crippen LogP contribution is -2.47. The normalized spacial score (nSPS) is 15.4. The lowest BCUT2D eigenvalue weighted by molar-refractivity contribution is -0.127. The van der Waals surface area contributed by atoms with E-state index in [2.05, 4.69) is 20.7 Å². The number of halogens is 1. The van der Waals surface area contributed by atoms with Crippen LogP contribution in [0.25, 0.3) is 0 Å². The van der Waals surface area contributed by atoms with Gasteiger partial charge in [0.2, 0.25) is 0 Å². The molecule has 2 N–H and O–H groups in total. The van der Waals surface area contributed by atoms with E-state index in [0.717, 1.165) is 50.8 Å². The number of hydrogen-bond acceptors (Lipinski definition) is 4. The molecule has 2 amide bonds. The summed E-state index contributed by atoms with van der Waals surface area (Å²) in [5.74, 6) is -0.159. The zero-order valence-electron chi connectivity index (χ0n) is 18.3. The molecule has 1 fully saturated rings. The summed E-state index contributed by atoms with van der Waals surface area (Å²) in [6, 6.07) is 16.3. The van der Waals surface area contributed by atoms with Crippen LogP contribution in [0.15, 0.2) is 59.7 Å². The maximum absolute atomic E-state index is 12.9. The number of unbranched alkanes of at least 4 members (excludes halogenated alkanes) is 1. The summed E-state index contributed by atoms with van der Waals surface area (Å²) in [6.45, 7) is 2.45. The number of hydrogen-bond donors (Lipinski definition) is 2. The Morgan fingerprint density at radius 2 is 1.72 bits per heavy atom. The molecule has 1 heterocycles. The summed E-state index contributed by atoms with van der Waals surface area (Å²) in [5, 5.41) is 7.67. The summed E-state index contributed by atoms with van der Waals surface area (Å²) < 4.78 is 0. The molecule has 0 radical (unpaired) electrons. The van der Waals surface area contributed by atoms with E-state index in [1.165, 1.54) is 6.42 Å². The summed E-state index contributed by atoms with van der Waals surface area (Å²) >= 11 is 6.14. The fraction of sp³-hybridized carbons (Fsp3) is 0.400. The van der Waals surface area contributed by atoms with Crippen molar-refractivity contribution in [3.63, 3.8) is 0 Å². The van der Waals surface area contributed by atoms with Crippen LogP contribution in [0, 0.1) is 0 Å². The van der Waals surface area contributed by atoms with E-state index in [9.17, 15) is 9.59 Å². The molecule has 0 unspecified atom stereocenters. The Morgan fingerprint density at radius 1 is 1.00 bits per heavy atom. The van der Waals surface area contributed by atoms with Gasteiger partial charge in [0.05, 0.1) is 12.3 Å². The number of rotatable bonds is 10. The highest BCUT2D eigenvalue weighted by atomic mass is 35.5. The molecule has 1 saturated heterocycles. The van der Waals surface area contributed by atoms with Gasteiger partial charge in [0.15, 0.2) is 0 Å². The molecule has 7 heteroatoms. The number of amides is 2. The van der Waals surface area contributed by atoms with E-state index in [4.69, 9.17) is 11.6 Å². The Bertz CT molecular complexity index is 898. The van der Waals surface area contributed by atoms with E-state index in [1.54, 1.807) is 24.4 Å². The Morgan fingerprint density at radius 3 is 2.47 bits per heavy atom. The molecule has 32 heavy (non-hydrogen) atoms. The van der Waals surface area contributed by atoms with Crippen LogP contribution in [-0.4, -0.2) is 48.6 Å². The van der Waals surface area contributed by atoms with E-state index in [1.807, 2.05) is 36.4 Å². The van der Waals surface area contributed by atoms with Crippen LogP contribution >= 0.6 is 11.6 Å². The molecule has 0 bridgehead atoms. The van der Waals surface area contributed by atoms with Crippen molar-refractivity contribution in [1.82, 2.24) is 15.6 Å². The standard InChI is InChI=1S/C25H31ClN4O2/c26-22-14-6-5-13-21(22)19-28-29-25(32)23(30-17-9-2-10-18-30)15-7-8-16-27-24(31)20-11-3-1-4-12-20/h1,3-6,11-14,19,23H,2,7-10,15-18H2,(H,27,31)(H,29,32)/b28-19+/t23-/m1/s1. The van der Waals surface area contributed by atoms with E-state index < -0.39 is 0 Å². The molecule has 1 aliphatic heterocycles. The fourth-order valence-corrected chi connectivity index (χ4v) is 4.07. The fourth-order valence-electron chi connectivity index (χ4n) is 3.89. The van der Waals surface area contributed by atoms with Gasteiger partial charge in [0.1, 0.15) is 0 Å². The first-order chi connectivity index (χ1) is 15.6. The monoisotopic (exact) mass is 454 g/mol. The van der Waals surface area contributed by atoms with Crippen LogP contribution < -0.4 is 10.7 Å². The molecule has 0 aromatic heterocycles. The van der Waals surface area contributed by atoms with Crippen LogP contribution in [0.2, 0.25) is 5.02 Å². The molecule has 6 nitrogen and oxygen atoms in total. The SMILES string of the molecule is O=C(NCCCC[C@H](C(=O)N/N=C/c1ccccc1Cl)N1CCCCC1)c1ccccc1. The molecule has 0 spiro atoms. The van der Waals surface area contributed by atoms with Crippen LogP contribution in [0.4, 0.5) is 0 Å². The third-order valence-corrected chi connectivity index (χ3v) is 5.99. The van der Waals surface area contributed by atoms with Crippen molar-refractivity contribution in [2.45, 2.75) is 44.6 Å². The number of carbonyl (C=O) groups excluding carboxylic acids is 2. The second-order valence-corrected chi connectivity index (χ2v) is 8.39. The first-order valence-corrected chi connectivity index (χ1v) is 11.7. The maximum Gasteiger partial charge on any atom is 0.257 e. The summed E-state index contributed by atoms with van der Waals surface area (Å²) in [7, 11) is 0. The average Bonchev–Trinajstić information content (AvgIpc) is 2.83. The van der Waals surface area contributed by atoms with Crippen LogP contribution in [0.3, 0.4) is 0 Å². The maximum atomic E-state index is 12.9. The molecule has 170 valence electrons. The van der Waals surface area contributed by atoms with Crippen molar-refractivity contribution < 1.29 is 9.59 Å². The van der Waals surface area contributed by atoms with E-state index >= 15 is 0 Å². The molecule has 0 saturated carbocycles. The molecule has 3 rings (SSSR count). The van der Waals surface area contributed by atoms with Gasteiger partial charge in [-0.25, -0.2) is 5.43 Å². The second-order valence-electron chi connectivity index (χ2n) is 7.99. The van der Waals surface area contributed by atoms with Gasteiger partial charge in [-0.2, -0.15) is 5.10 Å². The van der Waals surface area contributed by atoms with Crippen molar-refractivity contribution in [3.8, 4) is 0 Å². The molecule has 2 aromatic rings. The predicted molar refractivity (Wildman–Crippen MR) is 129 cm³/mol. The smallest absolute Gasteiger partial charge is 0.257 e. The van der Waals surface area contributed by atoms with Crippen molar-refractivity contribution in [2.75, 3.05) is 19.6 Å². The number of nitrogens with one attached hydrogen (secondary N) is 2. The van der Waals surface area contributed by atoms with Gasteiger partial charge < -0.3 is 5.32 Å². The molecule has 0 aliphatic carbocycles. The summed E-state index contributed by atoms with van der Waals surface area (Å²) in [5.41, 5.74) is 4.12. The first kappa shape index (κ1) is 24.0. The molecular formula is C25H31ClN4O2. The minimum atomic E-state index is -0.219. The number of likely N-dealkylation sites (tertiary alicyclic amines) is 1. The third kappa shape index (κ3) is 7.46. The predicted octanol–water partition coefficient (Wildman–Crippen LogP) is 4.24. The Labute approximate surface area is 195 Å². The van der Waals surface area contributed by atoms with Gasteiger partial charge in [0, 0.05) is 22.7 Å². The number of benzene rings is 2. The highest BCUT2D eigenvalue weighted by Crippen LogP contribution is 2.17. The number of piperidine rings is 1. The molecular weight excluding hydrogens is 424 g/mol. The van der Waals surface area contributed by atoms with Crippen molar-refractivity contribution in [2.24, 2.45) is 5.10 Å². The lowest BCUT2D eigenvalue weighted by Gasteiger charge is -2.33. The van der Waals surface area contributed by atoms with E-state index in [0.29, 0.717) is 17.1 Å². The van der Waals surface area contributed by atoms with Gasteiger partial charge >= 0.3 is 0 Å². The van der Waals surface area contributed by atoms with Crippen molar-refractivity contribution in [3.05, 3.63) is 70.7 Å². The highest BCUT2D eigenvalue weighted by Gasteiger charge is 2.26. The minimum absolute atomic E-state index is 0.0650. The quantitative estimate of drug-likeness (QED) is 0.320. The number of hydrazone groups is 1. The molecule has 1 aliphatic rings. The van der Waals surface area contributed by atoms with Crippen LogP contribution in [0.5, 0.6) is 0 Å². The lowest BCUT2D eigenvalue weighted by atomic mass is 10.0. The zero-order chi connectivity index (χ0) is 22.6. The van der Waals surface area contributed by atoms with Crippen molar-refractivity contribution >= 4 is 29.6 Å².